The third-order valence-electron chi connectivity index (χ3n) is 4.44. The maximum Gasteiger partial charge on any atom is 0.323 e. The summed E-state index contributed by atoms with van der Waals surface area (Å²) < 4.78 is 5.38. The van der Waals surface area contributed by atoms with Gasteiger partial charge in [0.1, 0.15) is 0 Å². The van der Waals surface area contributed by atoms with Crippen molar-refractivity contribution in [3.8, 4) is 0 Å². The first kappa shape index (κ1) is 15.7. The van der Waals surface area contributed by atoms with Gasteiger partial charge in [-0.2, -0.15) is 0 Å². The van der Waals surface area contributed by atoms with Gasteiger partial charge in [-0.05, 0) is 26.2 Å². The molecule has 0 bridgehead atoms. The number of aromatic nitrogens is 1. The van der Waals surface area contributed by atoms with Gasteiger partial charge in [-0.3, -0.25) is 10.2 Å². The lowest BCUT2D eigenvalue weighted by Gasteiger charge is -2.29. The van der Waals surface area contributed by atoms with E-state index in [1.807, 2.05) is 18.7 Å². The minimum atomic E-state index is -0.0155. The average Bonchev–Trinajstić information content (AvgIpc) is 3.08. The lowest BCUT2D eigenvalue weighted by molar-refractivity contribution is 0.0314. The summed E-state index contributed by atoms with van der Waals surface area (Å²) >= 11 is 1.54. The summed E-state index contributed by atoms with van der Waals surface area (Å²) in [6.45, 7) is 10.4. The predicted octanol–water partition coefficient (Wildman–Crippen LogP) is 1.95. The minimum Gasteiger partial charge on any atom is -0.379 e. The van der Waals surface area contributed by atoms with Crippen LogP contribution in [-0.2, 0) is 4.74 Å². The molecule has 22 heavy (non-hydrogen) atoms. The maximum atomic E-state index is 12.3. The lowest BCUT2D eigenvalue weighted by atomic mass is 10.1. The number of hydrogen-bond donors (Lipinski definition) is 1. The van der Waals surface area contributed by atoms with E-state index in [1.165, 1.54) is 11.3 Å². The summed E-state index contributed by atoms with van der Waals surface area (Å²) in [7, 11) is 0. The molecule has 2 aliphatic heterocycles. The highest BCUT2D eigenvalue weighted by Crippen LogP contribution is 2.23. The highest BCUT2D eigenvalue weighted by atomic mass is 32.1. The number of urea groups is 1. The molecule has 1 aromatic rings. The van der Waals surface area contributed by atoms with Crippen molar-refractivity contribution in [3.05, 3.63) is 10.6 Å². The Labute approximate surface area is 135 Å². The van der Waals surface area contributed by atoms with Gasteiger partial charge in [-0.1, -0.05) is 0 Å². The van der Waals surface area contributed by atoms with E-state index in [0.29, 0.717) is 11.0 Å². The Morgan fingerprint density at radius 1 is 1.36 bits per heavy atom. The number of aryl methyl sites for hydroxylation is 2. The van der Waals surface area contributed by atoms with Crippen molar-refractivity contribution in [1.82, 2.24) is 14.8 Å². The summed E-state index contributed by atoms with van der Waals surface area (Å²) in [4.78, 5) is 22.2. The third-order valence-corrected chi connectivity index (χ3v) is 5.42. The molecule has 1 N–H and O–H groups in total. The molecule has 0 radical (unpaired) electrons. The third kappa shape index (κ3) is 3.77. The van der Waals surface area contributed by atoms with Gasteiger partial charge in [0.05, 0.1) is 18.9 Å². The van der Waals surface area contributed by atoms with Crippen LogP contribution in [0.3, 0.4) is 0 Å². The monoisotopic (exact) mass is 324 g/mol. The number of morpholine rings is 1. The Balaban J connectivity index is 1.48. The van der Waals surface area contributed by atoms with E-state index in [0.717, 1.165) is 62.9 Å². The second kappa shape index (κ2) is 6.93. The highest BCUT2D eigenvalue weighted by molar-refractivity contribution is 7.15. The quantitative estimate of drug-likeness (QED) is 0.923. The van der Waals surface area contributed by atoms with E-state index >= 15 is 0 Å². The Kier molecular flexibility index (Phi) is 4.95. The summed E-state index contributed by atoms with van der Waals surface area (Å²) in [5.41, 5.74) is 0.993. The number of thiazole rings is 1. The molecule has 2 aliphatic rings. The Bertz CT molecular complexity index is 508. The molecule has 3 heterocycles. The van der Waals surface area contributed by atoms with Gasteiger partial charge in [0, 0.05) is 37.6 Å². The number of rotatable bonds is 3. The van der Waals surface area contributed by atoms with Crippen LogP contribution in [0.5, 0.6) is 0 Å². The van der Waals surface area contributed by atoms with E-state index < -0.39 is 0 Å². The molecule has 2 amide bonds. The first-order valence-electron chi connectivity index (χ1n) is 7.92. The van der Waals surface area contributed by atoms with Crippen molar-refractivity contribution in [2.24, 2.45) is 5.92 Å². The van der Waals surface area contributed by atoms with E-state index in [4.69, 9.17) is 4.74 Å². The number of nitrogens with one attached hydrogen (secondary N) is 1. The van der Waals surface area contributed by atoms with Gasteiger partial charge in [0.15, 0.2) is 5.13 Å². The van der Waals surface area contributed by atoms with Gasteiger partial charge < -0.3 is 9.64 Å². The summed E-state index contributed by atoms with van der Waals surface area (Å²) in [5, 5.41) is 3.64. The molecule has 0 aromatic carbocycles. The highest BCUT2D eigenvalue weighted by Gasteiger charge is 2.28. The van der Waals surface area contributed by atoms with Crippen LogP contribution in [0.25, 0.3) is 0 Å². The molecule has 2 saturated heterocycles. The molecule has 2 fully saturated rings. The zero-order chi connectivity index (χ0) is 15.5. The van der Waals surface area contributed by atoms with Gasteiger partial charge in [-0.25, -0.2) is 9.78 Å². The van der Waals surface area contributed by atoms with Crippen LogP contribution in [0, 0.1) is 19.8 Å². The van der Waals surface area contributed by atoms with E-state index in [9.17, 15) is 4.79 Å². The van der Waals surface area contributed by atoms with Crippen molar-refractivity contribution in [2.75, 3.05) is 51.3 Å². The predicted molar refractivity (Wildman–Crippen MR) is 87.5 cm³/mol. The fraction of sp³-hybridized carbons (Fsp3) is 0.733. The van der Waals surface area contributed by atoms with Crippen LogP contribution < -0.4 is 5.32 Å². The van der Waals surface area contributed by atoms with Gasteiger partial charge in [-0.15, -0.1) is 11.3 Å². The number of hydrogen-bond acceptors (Lipinski definition) is 5. The minimum absolute atomic E-state index is 0.0155. The normalized spacial score (nSPS) is 23.0. The fourth-order valence-electron chi connectivity index (χ4n) is 3.01. The second-order valence-corrected chi connectivity index (χ2v) is 7.31. The van der Waals surface area contributed by atoms with Crippen LogP contribution in [0.4, 0.5) is 9.93 Å². The molecule has 1 atom stereocenters. The smallest absolute Gasteiger partial charge is 0.323 e. The Hall–Kier alpha value is -1.18. The zero-order valence-electron chi connectivity index (χ0n) is 13.3. The van der Waals surface area contributed by atoms with Crippen molar-refractivity contribution >= 4 is 22.5 Å². The number of ether oxygens (including phenoxy) is 1. The molecule has 0 aliphatic carbocycles. The number of carbonyl (C=O) groups is 1. The Morgan fingerprint density at radius 3 is 2.82 bits per heavy atom. The van der Waals surface area contributed by atoms with Crippen LogP contribution in [0.15, 0.2) is 0 Å². The molecule has 3 rings (SSSR count). The van der Waals surface area contributed by atoms with Crippen molar-refractivity contribution in [2.45, 2.75) is 20.3 Å². The first-order valence-corrected chi connectivity index (χ1v) is 8.73. The molecule has 6 nitrogen and oxygen atoms in total. The number of likely N-dealkylation sites (tertiary alicyclic amines) is 1. The van der Waals surface area contributed by atoms with Crippen molar-refractivity contribution in [3.63, 3.8) is 0 Å². The molecular weight excluding hydrogens is 300 g/mol. The fourth-order valence-corrected chi connectivity index (χ4v) is 3.82. The van der Waals surface area contributed by atoms with E-state index in [2.05, 4.69) is 15.2 Å². The first-order chi connectivity index (χ1) is 10.6. The van der Waals surface area contributed by atoms with Crippen molar-refractivity contribution in [1.29, 1.82) is 0 Å². The molecule has 1 unspecified atom stereocenters. The standard InChI is InChI=1S/C15H24N4O2S/c1-11-12(2)22-14(16-11)17-15(20)19-4-3-13(10-19)9-18-5-7-21-8-6-18/h13H,3-10H2,1-2H3,(H,16,17,20). The zero-order valence-corrected chi connectivity index (χ0v) is 14.1. The number of carbonyl (C=O) groups excluding carboxylic acids is 1. The van der Waals surface area contributed by atoms with Gasteiger partial charge >= 0.3 is 6.03 Å². The molecule has 1 aromatic heterocycles. The lowest BCUT2D eigenvalue weighted by Crippen LogP contribution is -2.40. The molecule has 7 heteroatoms. The maximum absolute atomic E-state index is 12.3. The van der Waals surface area contributed by atoms with E-state index in [1.54, 1.807) is 0 Å². The van der Waals surface area contributed by atoms with E-state index in [-0.39, 0.29) is 6.03 Å². The van der Waals surface area contributed by atoms with Crippen molar-refractivity contribution < 1.29 is 9.53 Å². The van der Waals surface area contributed by atoms with Crippen LogP contribution in [0.1, 0.15) is 17.0 Å². The van der Waals surface area contributed by atoms with Gasteiger partial charge in [0.2, 0.25) is 0 Å². The molecule has 0 saturated carbocycles. The number of anilines is 1. The van der Waals surface area contributed by atoms with Gasteiger partial charge in [0.25, 0.3) is 0 Å². The summed E-state index contributed by atoms with van der Waals surface area (Å²) in [5.74, 6) is 0.573. The topological polar surface area (TPSA) is 57.7 Å². The van der Waals surface area contributed by atoms with Crippen LogP contribution in [0.2, 0.25) is 0 Å². The van der Waals surface area contributed by atoms with Crippen LogP contribution in [-0.4, -0.2) is 66.8 Å². The second-order valence-electron chi connectivity index (χ2n) is 6.10. The SMILES string of the molecule is Cc1nc(NC(=O)N2CCC(CN3CCOCC3)C2)sc1C. The number of nitrogens with zero attached hydrogens (tertiary/aromatic N) is 3. The van der Waals surface area contributed by atoms with Crippen LogP contribution >= 0.6 is 11.3 Å². The molecule has 0 spiro atoms. The largest absolute Gasteiger partial charge is 0.379 e. The summed E-state index contributed by atoms with van der Waals surface area (Å²) in [6, 6.07) is -0.0155. The average molecular weight is 324 g/mol. The molecule has 122 valence electrons. The summed E-state index contributed by atoms with van der Waals surface area (Å²) in [6.07, 6.45) is 1.08. The number of amides is 2. The molecular formula is C15H24N4O2S. The Morgan fingerprint density at radius 2 is 2.14 bits per heavy atom.